The van der Waals surface area contributed by atoms with Crippen molar-refractivity contribution in [3.8, 4) is 0 Å². The molecule has 1 aromatic rings. The molecular formula is C12H15N5O2. The molecule has 3 amide bonds. The molecule has 0 aromatic carbocycles. The summed E-state index contributed by atoms with van der Waals surface area (Å²) < 4.78 is 0. The van der Waals surface area contributed by atoms with E-state index in [1.807, 2.05) is 13.0 Å². The monoisotopic (exact) mass is 261 g/mol. The Labute approximate surface area is 110 Å². The zero-order valence-electron chi connectivity index (χ0n) is 10.7. The highest BCUT2D eigenvalue weighted by Gasteiger charge is 2.21. The maximum atomic E-state index is 11.2. The third-order valence-electron chi connectivity index (χ3n) is 2.79. The number of aromatic nitrogens is 1. The fourth-order valence-corrected chi connectivity index (χ4v) is 1.80. The molecule has 0 spiro atoms. The molecule has 1 aliphatic heterocycles. The molecular weight excluding hydrogens is 246 g/mol. The van der Waals surface area contributed by atoms with Crippen LogP contribution in [0.15, 0.2) is 23.4 Å². The number of hydrazone groups is 1. The summed E-state index contributed by atoms with van der Waals surface area (Å²) in [5.74, 6) is 0.423. The summed E-state index contributed by atoms with van der Waals surface area (Å²) in [6.45, 7) is 1.94. The van der Waals surface area contributed by atoms with Gasteiger partial charge in [-0.3, -0.25) is 10.1 Å². The lowest BCUT2D eigenvalue weighted by atomic mass is 9.95. The summed E-state index contributed by atoms with van der Waals surface area (Å²) in [6.07, 6.45) is 2.04. The maximum Gasteiger partial charge on any atom is 0.320 e. The van der Waals surface area contributed by atoms with Gasteiger partial charge in [-0.1, -0.05) is 6.92 Å². The Hall–Kier alpha value is -2.44. The van der Waals surface area contributed by atoms with Gasteiger partial charge in [-0.05, 0) is 12.1 Å². The lowest BCUT2D eigenvalue weighted by molar-refractivity contribution is -0.121. The van der Waals surface area contributed by atoms with Gasteiger partial charge in [0.1, 0.15) is 5.82 Å². The summed E-state index contributed by atoms with van der Waals surface area (Å²) in [5, 5.41) is 9.06. The number of nitrogens with zero attached hydrogens (tertiary/aromatic N) is 2. The van der Waals surface area contributed by atoms with E-state index in [4.69, 9.17) is 0 Å². The third kappa shape index (κ3) is 3.06. The van der Waals surface area contributed by atoms with E-state index >= 15 is 0 Å². The number of pyridine rings is 1. The van der Waals surface area contributed by atoms with Crippen LogP contribution in [0, 0.1) is 5.92 Å². The van der Waals surface area contributed by atoms with Crippen LogP contribution < -0.4 is 16.1 Å². The molecule has 1 aliphatic rings. The molecule has 7 nitrogen and oxygen atoms in total. The average Bonchev–Trinajstić information content (AvgIpc) is 2.40. The Morgan fingerprint density at radius 3 is 2.84 bits per heavy atom. The van der Waals surface area contributed by atoms with Gasteiger partial charge in [-0.2, -0.15) is 5.10 Å². The second-order valence-corrected chi connectivity index (χ2v) is 4.27. The summed E-state index contributed by atoms with van der Waals surface area (Å²) in [4.78, 5) is 26.4. The van der Waals surface area contributed by atoms with E-state index in [-0.39, 0.29) is 17.9 Å². The molecule has 0 radical (unpaired) electrons. The van der Waals surface area contributed by atoms with E-state index < -0.39 is 0 Å². The van der Waals surface area contributed by atoms with Crippen LogP contribution in [0.1, 0.15) is 18.9 Å². The normalized spacial score (nSPS) is 18.3. The highest BCUT2D eigenvalue weighted by atomic mass is 16.2. The van der Waals surface area contributed by atoms with Crippen molar-refractivity contribution in [1.82, 2.24) is 15.7 Å². The van der Waals surface area contributed by atoms with Crippen LogP contribution in [0.3, 0.4) is 0 Å². The van der Waals surface area contributed by atoms with Gasteiger partial charge in [0.2, 0.25) is 5.91 Å². The number of anilines is 1. The van der Waals surface area contributed by atoms with Gasteiger partial charge in [0.05, 0.1) is 5.71 Å². The van der Waals surface area contributed by atoms with Gasteiger partial charge in [-0.15, -0.1) is 0 Å². The SMILES string of the molecule is CNC(=O)Nc1ccc(C2=NNC(=O)CC2C)cn1. The Bertz CT molecular complexity index is 523. The molecule has 2 heterocycles. The number of amides is 3. The van der Waals surface area contributed by atoms with Crippen LogP contribution >= 0.6 is 0 Å². The first-order valence-electron chi connectivity index (χ1n) is 5.91. The van der Waals surface area contributed by atoms with Crippen LogP contribution in [0.5, 0.6) is 0 Å². The van der Waals surface area contributed by atoms with Crippen molar-refractivity contribution in [3.63, 3.8) is 0 Å². The van der Waals surface area contributed by atoms with Gasteiger partial charge >= 0.3 is 6.03 Å². The molecule has 7 heteroatoms. The number of rotatable bonds is 2. The summed E-state index contributed by atoms with van der Waals surface area (Å²) in [6, 6.07) is 3.18. The lowest BCUT2D eigenvalue weighted by Crippen LogP contribution is -2.32. The first-order valence-corrected chi connectivity index (χ1v) is 5.91. The second-order valence-electron chi connectivity index (χ2n) is 4.27. The quantitative estimate of drug-likeness (QED) is 0.731. The van der Waals surface area contributed by atoms with E-state index in [0.717, 1.165) is 11.3 Å². The highest BCUT2D eigenvalue weighted by Crippen LogP contribution is 2.16. The minimum absolute atomic E-state index is 0.0494. The summed E-state index contributed by atoms with van der Waals surface area (Å²) >= 11 is 0. The smallest absolute Gasteiger partial charge is 0.320 e. The largest absolute Gasteiger partial charge is 0.341 e. The van der Waals surface area contributed by atoms with E-state index in [1.165, 1.54) is 7.05 Å². The Morgan fingerprint density at radius 2 is 2.26 bits per heavy atom. The topological polar surface area (TPSA) is 95.5 Å². The van der Waals surface area contributed by atoms with Crippen LogP contribution in [-0.4, -0.2) is 29.7 Å². The molecule has 1 aromatic heterocycles. The Morgan fingerprint density at radius 1 is 1.47 bits per heavy atom. The van der Waals surface area contributed by atoms with Crippen LogP contribution in [0.25, 0.3) is 0 Å². The van der Waals surface area contributed by atoms with Crippen molar-refractivity contribution >= 4 is 23.5 Å². The van der Waals surface area contributed by atoms with E-state index in [1.54, 1.807) is 12.3 Å². The van der Waals surface area contributed by atoms with Crippen molar-refractivity contribution in [2.75, 3.05) is 12.4 Å². The van der Waals surface area contributed by atoms with Crippen molar-refractivity contribution in [2.24, 2.45) is 11.0 Å². The molecule has 3 N–H and O–H groups in total. The lowest BCUT2D eigenvalue weighted by Gasteiger charge is -2.18. The van der Waals surface area contributed by atoms with Crippen molar-refractivity contribution in [2.45, 2.75) is 13.3 Å². The Balaban J connectivity index is 2.14. The minimum Gasteiger partial charge on any atom is -0.341 e. The molecule has 1 unspecified atom stereocenters. The number of hydrogen-bond acceptors (Lipinski definition) is 4. The van der Waals surface area contributed by atoms with Gasteiger partial charge < -0.3 is 5.32 Å². The molecule has 0 saturated heterocycles. The maximum absolute atomic E-state index is 11.2. The number of carbonyl (C=O) groups excluding carboxylic acids is 2. The first kappa shape index (κ1) is 13.0. The highest BCUT2D eigenvalue weighted by molar-refractivity contribution is 6.05. The van der Waals surface area contributed by atoms with E-state index in [2.05, 4.69) is 26.1 Å². The first-order chi connectivity index (χ1) is 9.10. The van der Waals surface area contributed by atoms with Crippen LogP contribution in [0.2, 0.25) is 0 Å². The van der Waals surface area contributed by atoms with E-state index in [9.17, 15) is 9.59 Å². The minimum atomic E-state index is -0.323. The molecule has 1 atom stereocenters. The number of urea groups is 1. The van der Waals surface area contributed by atoms with Gasteiger partial charge in [0, 0.05) is 31.1 Å². The predicted octanol–water partition coefficient (Wildman–Crippen LogP) is 0.693. The standard InChI is InChI=1S/C12H15N5O2/c1-7-5-10(18)16-17-11(7)8-3-4-9(14-6-8)15-12(19)13-2/h3-4,6-7H,5H2,1-2H3,(H,16,18)(H2,13,14,15,19). The van der Waals surface area contributed by atoms with Crippen molar-refractivity contribution in [3.05, 3.63) is 23.9 Å². The summed E-state index contributed by atoms with van der Waals surface area (Å²) in [5.41, 5.74) is 4.08. The van der Waals surface area contributed by atoms with Crippen molar-refractivity contribution < 1.29 is 9.59 Å². The second kappa shape index (κ2) is 5.47. The number of carbonyl (C=O) groups is 2. The van der Waals surface area contributed by atoms with Crippen molar-refractivity contribution in [1.29, 1.82) is 0 Å². The van der Waals surface area contributed by atoms with Crippen LogP contribution in [0.4, 0.5) is 10.6 Å². The fraction of sp³-hybridized carbons (Fsp3) is 0.333. The molecule has 2 rings (SSSR count). The van der Waals surface area contributed by atoms with Gasteiger partial charge in [0.25, 0.3) is 0 Å². The molecule has 0 bridgehead atoms. The molecule has 100 valence electrons. The molecule has 19 heavy (non-hydrogen) atoms. The van der Waals surface area contributed by atoms with E-state index in [0.29, 0.717) is 12.2 Å². The fourth-order valence-electron chi connectivity index (χ4n) is 1.80. The Kier molecular flexibility index (Phi) is 3.74. The molecule has 0 saturated carbocycles. The van der Waals surface area contributed by atoms with Gasteiger partial charge in [0.15, 0.2) is 0 Å². The molecule has 0 fully saturated rings. The number of nitrogens with one attached hydrogen (secondary N) is 3. The summed E-state index contributed by atoms with van der Waals surface area (Å²) in [7, 11) is 1.53. The predicted molar refractivity (Wildman–Crippen MR) is 70.8 cm³/mol. The zero-order chi connectivity index (χ0) is 13.8. The average molecular weight is 261 g/mol. The third-order valence-corrected chi connectivity index (χ3v) is 2.79. The molecule has 0 aliphatic carbocycles. The van der Waals surface area contributed by atoms with Gasteiger partial charge in [-0.25, -0.2) is 15.2 Å². The van der Waals surface area contributed by atoms with Crippen LogP contribution in [-0.2, 0) is 4.79 Å². The zero-order valence-corrected chi connectivity index (χ0v) is 10.7. The number of hydrogen-bond donors (Lipinski definition) is 3.